The number of amides is 3. The molecule has 0 bridgehead atoms. The van der Waals surface area contributed by atoms with Crippen molar-refractivity contribution in [3.05, 3.63) is 60.8 Å². The van der Waals surface area contributed by atoms with Gasteiger partial charge in [-0.15, -0.1) is 11.3 Å². The molecule has 2 aliphatic rings. The summed E-state index contributed by atoms with van der Waals surface area (Å²) in [5.74, 6) is -1.85. The summed E-state index contributed by atoms with van der Waals surface area (Å²) in [4.78, 5) is 61.7. The molecule has 14 nitrogen and oxygen atoms in total. The molecular weight excluding hydrogens is 542 g/mol. The van der Waals surface area contributed by atoms with Crippen LogP contribution in [0.4, 0.5) is 9.93 Å². The van der Waals surface area contributed by atoms with Crippen LogP contribution in [-0.2, 0) is 35.7 Å². The maximum atomic E-state index is 13.3. The molecule has 4 rings (SSSR count). The monoisotopic (exact) mass is 570 g/mol. The Bertz CT molecular complexity index is 1410. The van der Waals surface area contributed by atoms with E-state index in [1.54, 1.807) is 17.1 Å². The van der Waals surface area contributed by atoms with Gasteiger partial charge in [0.05, 0.1) is 13.1 Å². The number of allylic oxidation sites excluding steroid dienone is 1. The molecule has 0 saturated carbocycles. The number of nitrogens with one attached hydrogen (secondary N) is 2. The van der Waals surface area contributed by atoms with Gasteiger partial charge in [-0.3, -0.25) is 19.8 Å². The fourth-order valence-corrected chi connectivity index (χ4v) is 4.98. The van der Waals surface area contributed by atoms with Crippen molar-refractivity contribution in [3.63, 3.8) is 0 Å². The SMILES string of the molecule is C=CCOC(=O)Nc1nc(C(=NOC)C(=O)N[C@H]2C(=O)N3C(C(=O)OCC=C)=C(n4cc[n+](C)c4)CCC23)cs1. The van der Waals surface area contributed by atoms with Crippen molar-refractivity contribution < 1.29 is 38.1 Å². The average Bonchev–Trinajstić information content (AvgIpc) is 3.59. The van der Waals surface area contributed by atoms with E-state index in [1.165, 1.54) is 29.5 Å². The molecule has 2 N–H and O–H groups in total. The van der Waals surface area contributed by atoms with Crippen molar-refractivity contribution in [2.75, 3.05) is 25.6 Å². The number of nitrogens with zero attached hydrogens (tertiary/aromatic N) is 5. The number of fused-ring (bicyclic) bond motifs is 1. The zero-order valence-corrected chi connectivity index (χ0v) is 22.7. The number of ether oxygens (including phenoxy) is 2. The summed E-state index contributed by atoms with van der Waals surface area (Å²) in [6.07, 6.45) is 8.43. The molecule has 0 aliphatic carbocycles. The molecule has 2 aliphatic heterocycles. The second-order valence-electron chi connectivity index (χ2n) is 8.61. The molecule has 2 atom stereocenters. The Hall–Kier alpha value is -4.79. The molecule has 210 valence electrons. The molecule has 3 amide bonds. The number of hydrogen-bond acceptors (Lipinski definition) is 10. The normalized spacial score (nSPS) is 18.3. The maximum Gasteiger partial charge on any atom is 0.413 e. The fourth-order valence-electron chi connectivity index (χ4n) is 4.30. The Balaban J connectivity index is 1.52. The van der Waals surface area contributed by atoms with Crippen LogP contribution in [0, 0.1) is 0 Å². The van der Waals surface area contributed by atoms with Gasteiger partial charge >= 0.3 is 12.1 Å². The number of rotatable bonds is 11. The predicted molar refractivity (Wildman–Crippen MR) is 143 cm³/mol. The minimum Gasteiger partial charge on any atom is -0.457 e. The summed E-state index contributed by atoms with van der Waals surface area (Å²) in [6, 6.07) is -1.39. The molecule has 0 aromatic carbocycles. The van der Waals surface area contributed by atoms with E-state index in [4.69, 9.17) is 14.3 Å². The quantitative estimate of drug-likeness (QED) is 0.101. The lowest BCUT2D eigenvalue weighted by Gasteiger charge is -2.49. The van der Waals surface area contributed by atoms with Gasteiger partial charge in [-0.05, 0) is 6.42 Å². The topological polar surface area (TPSA) is 157 Å². The smallest absolute Gasteiger partial charge is 0.413 e. The lowest BCUT2D eigenvalue weighted by atomic mass is 9.85. The predicted octanol–water partition coefficient (Wildman–Crippen LogP) is 0.942. The second kappa shape index (κ2) is 12.4. The fraction of sp³-hybridized carbons (Fsp3) is 0.320. The van der Waals surface area contributed by atoms with Gasteiger partial charge in [0.25, 0.3) is 11.8 Å². The maximum absolute atomic E-state index is 13.3. The molecule has 2 aromatic rings. The highest BCUT2D eigenvalue weighted by atomic mass is 32.1. The minimum atomic E-state index is -0.913. The summed E-state index contributed by atoms with van der Waals surface area (Å²) in [6.45, 7) is 7.03. The van der Waals surface area contributed by atoms with Crippen LogP contribution in [0.15, 0.2) is 60.3 Å². The first-order chi connectivity index (χ1) is 19.3. The van der Waals surface area contributed by atoms with E-state index in [0.29, 0.717) is 18.5 Å². The third-order valence-electron chi connectivity index (χ3n) is 5.99. The number of oxime groups is 1. The van der Waals surface area contributed by atoms with Crippen LogP contribution < -0.4 is 15.2 Å². The largest absolute Gasteiger partial charge is 0.457 e. The summed E-state index contributed by atoms with van der Waals surface area (Å²) < 4.78 is 13.7. The molecule has 0 spiro atoms. The van der Waals surface area contributed by atoms with Gasteiger partial charge in [-0.2, -0.15) is 0 Å². The van der Waals surface area contributed by atoms with Crippen LogP contribution in [0.2, 0.25) is 0 Å². The van der Waals surface area contributed by atoms with E-state index < -0.39 is 36.0 Å². The van der Waals surface area contributed by atoms with Gasteiger partial charge in [0.2, 0.25) is 6.33 Å². The minimum absolute atomic E-state index is 0.0186. The summed E-state index contributed by atoms with van der Waals surface area (Å²) in [5.41, 5.74) is 0.649. The third-order valence-corrected chi connectivity index (χ3v) is 6.75. The number of hydrogen-bond donors (Lipinski definition) is 2. The van der Waals surface area contributed by atoms with Gasteiger partial charge in [0.15, 0.2) is 16.5 Å². The Morgan fingerprint density at radius 3 is 2.70 bits per heavy atom. The average molecular weight is 571 g/mol. The first kappa shape index (κ1) is 28.2. The molecule has 1 unspecified atom stereocenters. The Kier molecular flexibility index (Phi) is 8.73. The molecular formula is C25H28N7O7S+. The molecule has 4 heterocycles. The van der Waals surface area contributed by atoms with Crippen LogP contribution in [-0.4, -0.2) is 76.4 Å². The van der Waals surface area contributed by atoms with Crippen molar-refractivity contribution in [1.29, 1.82) is 0 Å². The number of imidazole rings is 1. The number of esters is 1. The van der Waals surface area contributed by atoms with E-state index in [0.717, 1.165) is 11.3 Å². The number of carbonyl (C=O) groups excluding carboxylic acids is 4. The lowest BCUT2D eigenvalue weighted by molar-refractivity contribution is -0.670. The van der Waals surface area contributed by atoms with E-state index in [9.17, 15) is 19.2 Å². The van der Waals surface area contributed by atoms with Crippen molar-refractivity contribution in [3.8, 4) is 0 Å². The molecule has 40 heavy (non-hydrogen) atoms. The third kappa shape index (κ3) is 5.78. The Morgan fingerprint density at radius 1 is 1.27 bits per heavy atom. The van der Waals surface area contributed by atoms with Gasteiger partial charge in [-0.25, -0.2) is 23.7 Å². The van der Waals surface area contributed by atoms with Crippen molar-refractivity contribution in [2.45, 2.75) is 24.9 Å². The zero-order valence-electron chi connectivity index (χ0n) is 21.9. The zero-order chi connectivity index (χ0) is 28.8. The summed E-state index contributed by atoms with van der Waals surface area (Å²) in [7, 11) is 3.10. The van der Waals surface area contributed by atoms with Gasteiger partial charge in [0, 0.05) is 11.8 Å². The van der Waals surface area contributed by atoms with Crippen LogP contribution in [0.25, 0.3) is 5.70 Å². The van der Waals surface area contributed by atoms with Gasteiger partial charge in [0.1, 0.15) is 50.2 Å². The number of carbonyl (C=O) groups is 4. The van der Waals surface area contributed by atoms with Gasteiger partial charge in [-0.1, -0.05) is 30.5 Å². The van der Waals surface area contributed by atoms with E-state index in [1.807, 2.05) is 17.8 Å². The molecule has 1 saturated heterocycles. The number of aryl methyl sites for hydroxylation is 1. The summed E-state index contributed by atoms with van der Waals surface area (Å²) >= 11 is 1.04. The second-order valence-corrected chi connectivity index (χ2v) is 9.46. The number of β-lactam (4-membered cyclic amide) rings is 1. The number of thiazole rings is 1. The Labute approximate surface area is 233 Å². The van der Waals surface area contributed by atoms with E-state index in [2.05, 4.69) is 33.9 Å². The molecule has 2 aromatic heterocycles. The standard InChI is InChI=1S/C25H27N7O7S/c1-5-11-38-23(35)20-17(31-10-9-30(3)14-31)8-7-16-19(22(34)32(16)20)27-21(33)18(29-37-4)15-13-40-24(26-15)28-25(36)39-12-6-2/h5-6,9-10,13-14,16,19H,1-2,7-8,11-12H2,3-4H3,(H-,26,27,28,33,36)/p+1/t16?,19-/m1/s1. The number of anilines is 1. The van der Waals surface area contributed by atoms with Gasteiger partial charge < -0.3 is 19.6 Å². The highest BCUT2D eigenvalue weighted by molar-refractivity contribution is 7.14. The molecule has 1 fully saturated rings. The van der Waals surface area contributed by atoms with Crippen LogP contribution in [0.1, 0.15) is 18.5 Å². The van der Waals surface area contributed by atoms with Crippen LogP contribution >= 0.6 is 11.3 Å². The van der Waals surface area contributed by atoms with Crippen LogP contribution in [0.3, 0.4) is 0 Å². The summed E-state index contributed by atoms with van der Waals surface area (Å²) in [5, 5.41) is 10.6. The number of aromatic nitrogens is 3. The Morgan fingerprint density at radius 2 is 2.02 bits per heavy atom. The molecule has 0 radical (unpaired) electrons. The highest BCUT2D eigenvalue weighted by Crippen LogP contribution is 2.39. The first-order valence-electron chi connectivity index (χ1n) is 12.1. The van der Waals surface area contributed by atoms with E-state index in [-0.39, 0.29) is 35.4 Å². The molecule has 15 heteroatoms. The van der Waals surface area contributed by atoms with E-state index >= 15 is 0 Å². The van der Waals surface area contributed by atoms with Crippen LogP contribution in [0.5, 0.6) is 0 Å². The lowest BCUT2D eigenvalue weighted by Crippen LogP contribution is -2.72. The van der Waals surface area contributed by atoms with Crippen molar-refractivity contribution in [1.82, 2.24) is 19.8 Å². The highest BCUT2D eigenvalue weighted by Gasteiger charge is 2.55. The van der Waals surface area contributed by atoms with Crippen molar-refractivity contribution in [2.24, 2.45) is 12.2 Å². The first-order valence-corrected chi connectivity index (χ1v) is 13.0. The van der Waals surface area contributed by atoms with Crippen molar-refractivity contribution >= 4 is 51.8 Å².